The number of carbonyl (C=O) groups is 1. The number of likely N-dealkylation sites (N-methyl/N-ethyl adjacent to an activating group) is 1. The van der Waals surface area contributed by atoms with E-state index in [-0.39, 0.29) is 11.9 Å². The zero-order chi connectivity index (χ0) is 11.1. The highest BCUT2D eigenvalue weighted by molar-refractivity contribution is 5.79. The fourth-order valence-corrected chi connectivity index (χ4v) is 1.29. The van der Waals surface area contributed by atoms with E-state index in [1.54, 1.807) is 0 Å². The Morgan fingerprint density at radius 1 is 1.29 bits per heavy atom. The van der Waals surface area contributed by atoms with E-state index in [9.17, 15) is 4.79 Å². The molecule has 0 aliphatic heterocycles. The minimum Gasteiger partial charge on any atom is -0.368 e. The van der Waals surface area contributed by atoms with Crippen LogP contribution in [0, 0.1) is 0 Å². The van der Waals surface area contributed by atoms with E-state index in [1.807, 2.05) is 21.0 Å². The van der Waals surface area contributed by atoms with E-state index in [4.69, 9.17) is 5.73 Å². The second-order valence-corrected chi connectivity index (χ2v) is 3.92. The minimum atomic E-state index is -0.239. The monoisotopic (exact) mass is 201 g/mol. The van der Waals surface area contributed by atoms with Crippen LogP contribution in [-0.2, 0) is 4.79 Å². The van der Waals surface area contributed by atoms with Crippen LogP contribution in [0.25, 0.3) is 0 Å². The third kappa shape index (κ3) is 5.19. The topological polar surface area (TPSA) is 49.6 Å². The van der Waals surface area contributed by atoms with Gasteiger partial charge in [-0.25, -0.2) is 0 Å². The molecule has 2 N–H and O–H groups in total. The predicted molar refractivity (Wildman–Crippen MR) is 59.1 cm³/mol. The lowest BCUT2D eigenvalue weighted by atomic mass is 10.2. The zero-order valence-electron chi connectivity index (χ0n) is 9.79. The predicted octanol–water partition coefficient (Wildman–Crippen LogP) is 0.134. The first-order valence-corrected chi connectivity index (χ1v) is 5.17. The fraction of sp³-hybridized carbons (Fsp3) is 0.900. The number of carbonyl (C=O) groups excluding carboxylic acids is 1. The molecule has 0 heterocycles. The first kappa shape index (κ1) is 13.4. The lowest BCUT2D eigenvalue weighted by Gasteiger charge is -2.27. The lowest BCUT2D eigenvalue weighted by Crippen LogP contribution is -2.45. The van der Waals surface area contributed by atoms with E-state index in [0.717, 1.165) is 26.1 Å². The van der Waals surface area contributed by atoms with Gasteiger partial charge >= 0.3 is 0 Å². The standard InChI is InChI=1S/C10H23N3O/c1-5-6-13(8-7-12(3)4)9(2)10(11)14/h9H,5-8H2,1-4H3,(H2,11,14). The highest BCUT2D eigenvalue weighted by atomic mass is 16.1. The second kappa shape index (κ2) is 6.79. The lowest BCUT2D eigenvalue weighted by molar-refractivity contribution is -0.122. The second-order valence-electron chi connectivity index (χ2n) is 3.92. The molecule has 0 saturated heterocycles. The third-order valence-electron chi connectivity index (χ3n) is 2.30. The summed E-state index contributed by atoms with van der Waals surface area (Å²) in [5, 5.41) is 0. The average molecular weight is 201 g/mol. The molecule has 0 aromatic rings. The van der Waals surface area contributed by atoms with E-state index in [0.29, 0.717) is 0 Å². The first-order valence-electron chi connectivity index (χ1n) is 5.17. The quantitative estimate of drug-likeness (QED) is 0.637. The van der Waals surface area contributed by atoms with Crippen molar-refractivity contribution >= 4 is 5.91 Å². The van der Waals surface area contributed by atoms with Crippen LogP contribution < -0.4 is 5.73 Å². The number of nitrogens with two attached hydrogens (primary N) is 1. The third-order valence-corrected chi connectivity index (χ3v) is 2.30. The zero-order valence-corrected chi connectivity index (χ0v) is 9.79. The SMILES string of the molecule is CCCN(CCN(C)C)C(C)C(N)=O. The van der Waals surface area contributed by atoms with Gasteiger partial charge in [0, 0.05) is 13.1 Å². The highest BCUT2D eigenvalue weighted by Gasteiger charge is 2.17. The summed E-state index contributed by atoms with van der Waals surface area (Å²) in [4.78, 5) is 15.3. The number of primary amides is 1. The molecular weight excluding hydrogens is 178 g/mol. The van der Waals surface area contributed by atoms with Gasteiger partial charge in [0.2, 0.25) is 5.91 Å². The van der Waals surface area contributed by atoms with E-state index >= 15 is 0 Å². The van der Waals surface area contributed by atoms with Gasteiger partial charge < -0.3 is 10.6 Å². The summed E-state index contributed by atoms with van der Waals surface area (Å²) in [5.41, 5.74) is 5.28. The van der Waals surface area contributed by atoms with Crippen LogP contribution in [0.5, 0.6) is 0 Å². The molecule has 0 fully saturated rings. The maximum absolute atomic E-state index is 11.0. The van der Waals surface area contributed by atoms with E-state index in [2.05, 4.69) is 16.7 Å². The Balaban J connectivity index is 4.06. The number of amides is 1. The maximum Gasteiger partial charge on any atom is 0.234 e. The van der Waals surface area contributed by atoms with Crippen LogP contribution in [-0.4, -0.2) is 55.5 Å². The van der Waals surface area contributed by atoms with Gasteiger partial charge in [-0.1, -0.05) is 6.92 Å². The van der Waals surface area contributed by atoms with Crippen molar-refractivity contribution in [3.05, 3.63) is 0 Å². The molecule has 0 aliphatic rings. The van der Waals surface area contributed by atoms with Gasteiger partial charge in [-0.15, -0.1) is 0 Å². The van der Waals surface area contributed by atoms with Gasteiger partial charge in [-0.2, -0.15) is 0 Å². The maximum atomic E-state index is 11.0. The van der Waals surface area contributed by atoms with Crippen molar-refractivity contribution in [1.29, 1.82) is 0 Å². The molecule has 1 amide bonds. The van der Waals surface area contributed by atoms with E-state index in [1.165, 1.54) is 0 Å². The molecule has 14 heavy (non-hydrogen) atoms. The van der Waals surface area contributed by atoms with Gasteiger partial charge in [-0.05, 0) is 34.0 Å². The normalized spacial score (nSPS) is 13.6. The van der Waals surface area contributed by atoms with Crippen molar-refractivity contribution in [3.63, 3.8) is 0 Å². The van der Waals surface area contributed by atoms with Gasteiger partial charge in [0.15, 0.2) is 0 Å². The number of hydrogen-bond acceptors (Lipinski definition) is 3. The van der Waals surface area contributed by atoms with E-state index < -0.39 is 0 Å². The summed E-state index contributed by atoms with van der Waals surface area (Å²) in [6.45, 7) is 6.75. The smallest absolute Gasteiger partial charge is 0.234 e. The minimum absolute atomic E-state index is 0.158. The summed E-state index contributed by atoms with van der Waals surface area (Å²) in [6, 6.07) is -0.158. The van der Waals surface area contributed by atoms with Crippen LogP contribution in [0.4, 0.5) is 0 Å². The average Bonchev–Trinajstić information content (AvgIpc) is 2.10. The van der Waals surface area contributed by atoms with Crippen molar-refractivity contribution in [3.8, 4) is 0 Å². The summed E-state index contributed by atoms with van der Waals surface area (Å²) >= 11 is 0. The fourth-order valence-electron chi connectivity index (χ4n) is 1.29. The number of rotatable bonds is 7. The largest absolute Gasteiger partial charge is 0.368 e. The Hall–Kier alpha value is -0.610. The molecule has 0 spiro atoms. The van der Waals surface area contributed by atoms with Crippen molar-refractivity contribution in [2.45, 2.75) is 26.3 Å². The van der Waals surface area contributed by atoms with Crippen LogP contribution in [0.1, 0.15) is 20.3 Å². The first-order chi connectivity index (χ1) is 6.49. The Morgan fingerprint density at radius 3 is 2.21 bits per heavy atom. The Bertz CT molecular complexity index is 171. The molecule has 0 rings (SSSR count). The summed E-state index contributed by atoms with van der Waals surface area (Å²) in [6.07, 6.45) is 1.05. The molecule has 0 aromatic carbocycles. The molecule has 0 bridgehead atoms. The van der Waals surface area contributed by atoms with Gasteiger partial charge in [0.05, 0.1) is 6.04 Å². The molecule has 0 aliphatic carbocycles. The van der Waals surface area contributed by atoms with Crippen LogP contribution >= 0.6 is 0 Å². The Labute approximate surface area is 87.0 Å². The molecule has 1 atom stereocenters. The number of hydrogen-bond donors (Lipinski definition) is 1. The van der Waals surface area contributed by atoms with Gasteiger partial charge in [-0.3, -0.25) is 9.69 Å². The van der Waals surface area contributed by atoms with Gasteiger partial charge in [0.1, 0.15) is 0 Å². The molecule has 1 unspecified atom stereocenters. The molecule has 4 nitrogen and oxygen atoms in total. The van der Waals surface area contributed by atoms with Gasteiger partial charge in [0.25, 0.3) is 0 Å². The summed E-state index contributed by atoms with van der Waals surface area (Å²) in [7, 11) is 4.05. The van der Waals surface area contributed by atoms with Crippen molar-refractivity contribution < 1.29 is 4.79 Å². The summed E-state index contributed by atoms with van der Waals surface area (Å²) in [5.74, 6) is -0.239. The highest BCUT2D eigenvalue weighted by Crippen LogP contribution is 1.99. The van der Waals surface area contributed by atoms with Crippen molar-refractivity contribution in [1.82, 2.24) is 9.80 Å². The Kier molecular flexibility index (Phi) is 6.49. The Morgan fingerprint density at radius 2 is 1.86 bits per heavy atom. The molecule has 0 saturated carbocycles. The van der Waals surface area contributed by atoms with Crippen molar-refractivity contribution in [2.24, 2.45) is 5.73 Å². The number of nitrogens with zero attached hydrogens (tertiary/aromatic N) is 2. The van der Waals surface area contributed by atoms with Crippen LogP contribution in [0.3, 0.4) is 0 Å². The summed E-state index contributed by atoms with van der Waals surface area (Å²) < 4.78 is 0. The molecule has 0 radical (unpaired) electrons. The van der Waals surface area contributed by atoms with Crippen LogP contribution in [0.15, 0.2) is 0 Å². The van der Waals surface area contributed by atoms with Crippen molar-refractivity contribution in [2.75, 3.05) is 33.7 Å². The molecular formula is C10H23N3O. The molecule has 4 heteroatoms. The van der Waals surface area contributed by atoms with Crippen LogP contribution in [0.2, 0.25) is 0 Å². The molecule has 84 valence electrons. The molecule has 0 aromatic heterocycles.